The highest BCUT2D eigenvalue weighted by Gasteiger charge is 2.24. The monoisotopic (exact) mass is 308 g/mol. The third-order valence-electron chi connectivity index (χ3n) is 3.73. The number of fused-ring (bicyclic) bond motifs is 1. The van der Waals surface area contributed by atoms with E-state index in [0.29, 0.717) is 36.9 Å². The molecule has 0 bridgehead atoms. The highest BCUT2D eigenvalue weighted by atomic mass is 32.2. The van der Waals surface area contributed by atoms with Crippen LogP contribution >= 0.6 is 11.8 Å². The lowest BCUT2D eigenvalue weighted by Crippen LogP contribution is -2.44. The SMILES string of the molecule is CSC(C)CNC(=O)N1CCc2c(cccc2C(=O)O)C1. The molecule has 0 fully saturated rings. The fourth-order valence-corrected chi connectivity index (χ4v) is 2.66. The molecule has 1 aliphatic rings. The molecule has 0 aliphatic carbocycles. The maximum absolute atomic E-state index is 12.1. The number of hydrogen-bond acceptors (Lipinski definition) is 3. The second-order valence-electron chi connectivity index (χ2n) is 5.15. The third kappa shape index (κ3) is 3.69. The van der Waals surface area contributed by atoms with Crippen LogP contribution in [-0.4, -0.2) is 46.6 Å². The molecule has 1 aromatic carbocycles. The molecule has 0 saturated carbocycles. The van der Waals surface area contributed by atoms with Crippen LogP contribution in [0, 0.1) is 0 Å². The van der Waals surface area contributed by atoms with Gasteiger partial charge in [-0.15, -0.1) is 0 Å². The molecule has 6 heteroatoms. The lowest BCUT2D eigenvalue weighted by atomic mass is 9.95. The molecule has 1 aromatic rings. The van der Waals surface area contributed by atoms with Crippen LogP contribution in [0.3, 0.4) is 0 Å². The Morgan fingerprint density at radius 1 is 1.48 bits per heavy atom. The molecule has 0 aromatic heterocycles. The molecule has 5 nitrogen and oxygen atoms in total. The number of hydrogen-bond donors (Lipinski definition) is 2. The van der Waals surface area contributed by atoms with Crippen molar-refractivity contribution >= 4 is 23.8 Å². The molecule has 1 unspecified atom stereocenters. The van der Waals surface area contributed by atoms with Gasteiger partial charge in [0.25, 0.3) is 0 Å². The van der Waals surface area contributed by atoms with Crippen LogP contribution in [-0.2, 0) is 13.0 Å². The zero-order chi connectivity index (χ0) is 15.4. The van der Waals surface area contributed by atoms with Crippen LogP contribution in [0.2, 0.25) is 0 Å². The second-order valence-corrected chi connectivity index (χ2v) is 6.43. The summed E-state index contributed by atoms with van der Waals surface area (Å²) in [4.78, 5) is 25.1. The van der Waals surface area contributed by atoms with Gasteiger partial charge in [-0.2, -0.15) is 11.8 Å². The van der Waals surface area contributed by atoms with Crippen LogP contribution in [0.4, 0.5) is 4.79 Å². The summed E-state index contributed by atoms with van der Waals surface area (Å²) in [6.07, 6.45) is 2.60. The van der Waals surface area contributed by atoms with Gasteiger partial charge in [0.05, 0.1) is 5.56 Å². The predicted molar refractivity (Wildman–Crippen MR) is 83.9 cm³/mol. The number of benzene rings is 1. The van der Waals surface area contributed by atoms with Crippen molar-refractivity contribution in [3.05, 3.63) is 34.9 Å². The van der Waals surface area contributed by atoms with Gasteiger partial charge in [-0.05, 0) is 29.9 Å². The van der Waals surface area contributed by atoms with E-state index in [1.54, 1.807) is 28.8 Å². The zero-order valence-electron chi connectivity index (χ0n) is 12.3. The molecule has 114 valence electrons. The Morgan fingerprint density at radius 2 is 2.24 bits per heavy atom. The molecule has 2 amide bonds. The van der Waals surface area contributed by atoms with E-state index in [0.717, 1.165) is 11.1 Å². The number of thioether (sulfide) groups is 1. The first-order valence-corrected chi connectivity index (χ1v) is 8.21. The van der Waals surface area contributed by atoms with Crippen LogP contribution < -0.4 is 5.32 Å². The molecule has 0 radical (unpaired) electrons. The van der Waals surface area contributed by atoms with Gasteiger partial charge in [0, 0.05) is 24.9 Å². The summed E-state index contributed by atoms with van der Waals surface area (Å²) in [6, 6.07) is 5.17. The fraction of sp³-hybridized carbons (Fsp3) is 0.467. The molecule has 2 rings (SSSR count). The van der Waals surface area contributed by atoms with Crippen LogP contribution in [0.15, 0.2) is 18.2 Å². The van der Waals surface area contributed by atoms with Crippen molar-refractivity contribution in [1.29, 1.82) is 0 Å². The number of nitrogens with zero attached hydrogens (tertiary/aromatic N) is 1. The van der Waals surface area contributed by atoms with Crippen molar-refractivity contribution in [2.45, 2.75) is 25.1 Å². The number of aromatic carboxylic acids is 1. The largest absolute Gasteiger partial charge is 0.478 e. The van der Waals surface area contributed by atoms with E-state index < -0.39 is 5.97 Å². The Hall–Kier alpha value is -1.69. The standard InChI is InChI=1S/C15H20N2O3S/c1-10(21-2)8-16-15(20)17-7-6-12-11(9-17)4-3-5-13(12)14(18)19/h3-5,10H,6-9H2,1-2H3,(H,16,20)(H,18,19). The minimum atomic E-state index is -0.904. The Bertz CT molecular complexity index is 548. The van der Waals surface area contributed by atoms with Gasteiger partial charge in [0.1, 0.15) is 0 Å². The average molecular weight is 308 g/mol. The van der Waals surface area contributed by atoms with E-state index >= 15 is 0 Å². The van der Waals surface area contributed by atoms with Crippen molar-refractivity contribution in [2.75, 3.05) is 19.3 Å². The minimum Gasteiger partial charge on any atom is -0.478 e. The van der Waals surface area contributed by atoms with Gasteiger partial charge in [0.15, 0.2) is 0 Å². The van der Waals surface area contributed by atoms with E-state index in [-0.39, 0.29) is 6.03 Å². The lowest BCUT2D eigenvalue weighted by molar-refractivity contribution is 0.0695. The molecule has 2 N–H and O–H groups in total. The van der Waals surface area contributed by atoms with E-state index in [1.165, 1.54) is 0 Å². The van der Waals surface area contributed by atoms with Crippen molar-refractivity contribution in [2.24, 2.45) is 0 Å². The number of rotatable bonds is 4. The summed E-state index contributed by atoms with van der Waals surface area (Å²) in [7, 11) is 0. The van der Waals surface area contributed by atoms with Crippen LogP contribution in [0.5, 0.6) is 0 Å². The highest BCUT2D eigenvalue weighted by molar-refractivity contribution is 7.99. The van der Waals surface area contributed by atoms with Crippen molar-refractivity contribution in [3.63, 3.8) is 0 Å². The van der Waals surface area contributed by atoms with Gasteiger partial charge in [-0.1, -0.05) is 19.1 Å². The van der Waals surface area contributed by atoms with Gasteiger partial charge in [-0.3, -0.25) is 0 Å². The normalized spacial score (nSPS) is 15.2. The van der Waals surface area contributed by atoms with Crippen LogP contribution in [0.25, 0.3) is 0 Å². The summed E-state index contributed by atoms with van der Waals surface area (Å²) in [5.41, 5.74) is 2.13. The first kappa shape index (κ1) is 15.7. The molecule has 1 heterocycles. The van der Waals surface area contributed by atoms with Crippen molar-refractivity contribution in [3.8, 4) is 0 Å². The smallest absolute Gasteiger partial charge is 0.335 e. The first-order chi connectivity index (χ1) is 10.0. The van der Waals surface area contributed by atoms with E-state index in [2.05, 4.69) is 12.2 Å². The second kappa shape index (κ2) is 6.85. The summed E-state index contributed by atoms with van der Waals surface area (Å²) < 4.78 is 0. The molecule has 1 atom stereocenters. The Kier molecular flexibility index (Phi) is 5.12. The topological polar surface area (TPSA) is 69.6 Å². The first-order valence-electron chi connectivity index (χ1n) is 6.92. The van der Waals surface area contributed by atoms with Crippen LogP contribution in [0.1, 0.15) is 28.4 Å². The van der Waals surface area contributed by atoms with Crippen molar-refractivity contribution in [1.82, 2.24) is 10.2 Å². The number of nitrogens with one attached hydrogen (secondary N) is 1. The molecule has 0 spiro atoms. The maximum Gasteiger partial charge on any atom is 0.335 e. The number of urea groups is 1. The summed E-state index contributed by atoms with van der Waals surface area (Å²) >= 11 is 1.71. The Labute approximate surface area is 128 Å². The van der Waals surface area contributed by atoms with Crippen molar-refractivity contribution < 1.29 is 14.7 Å². The molecule has 21 heavy (non-hydrogen) atoms. The van der Waals surface area contributed by atoms with Gasteiger partial charge >= 0.3 is 12.0 Å². The Balaban J connectivity index is 2.04. The number of amides is 2. The number of carbonyl (C=O) groups excluding carboxylic acids is 1. The van der Waals surface area contributed by atoms with Gasteiger partial charge in [0.2, 0.25) is 0 Å². The quantitative estimate of drug-likeness (QED) is 0.894. The number of carboxylic acids is 1. The third-order valence-corrected chi connectivity index (χ3v) is 4.70. The average Bonchev–Trinajstić information content (AvgIpc) is 2.50. The summed E-state index contributed by atoms with van der Waals surface area (Å²) in [6.45, 7) is 3.72. The highest BCUT2D eigenvalue weighted by Crippen LogP contribution is 2.22. The Morgan fingerprint density at radius 3 is 2.90 bits per heavy atom. The summed E-state index contributed by atoms with van der Waals surface area (Å²) in [5.74, 6) is -0.904. The predicted octanol–water partition coefficient (Wildman–Crippen LogP) is 2.20. The number of carbonyl (C=O) groups is 2. The lowest BCUT2D eigenvalue weighted by Gasteiger charge is -2.30. The fourth-order valence-electron chi connectivity index (χ4n) is 2.41. The van der Waals surface area contributed by atoms with E-state index in [9.17, 15) is 14.7 Å². The molecule has 1 aliphatic heterocycles. The molecule has 0 saturated heterocycles. The molecular weight excluding hydrogens is 288 g/mol. The van der Waals surface area contributed by atoms with E-state index in [4.69, 9.17) is 0 Å². The molecular formula is C15H20N2O3S. The zero-order valence-corrected chi connectivity index (χ0v) is 13.1. The van der Waals surface area contributed by atoms with Gasteiger partial charge in [-0.25, -0.2) is 9.59 Å². The summed E-state index contributed by atoms with van der Waals surface area (Å²) in [5, 5.41) is 12.5. The minimum absolute atomic E-state index is 0.0812. The van der Waals surface area contributed by atoms with Gasteiger partial charge < -0.3 is 15.3 Å². The number of carboxylic acid groups (broad SMARTS) is 1. The van der Waals surface area contributed by atoms with E-state index in [1.807, 2.05) is 12.3 Å². The maximum atomic E-state index is 12.1.